The molecule has 0 bridgehead atoms. The van der Waals surface area contributed by atoms with Crippen LogP contribution in [0.25, 0.3) is 0 Å². The number of amides is 1. The lowest BCUT2D eigenvalue weighted by atomic mass is 9.94. The maximum atomic E-state index is 12.1. The van der Waals surface area contributed by atoms with Crippen LogP contribution in [0.15, 0.2) is 29.2 Å². The average Bonchev–Trinajstić information content (AvgIpc) is 3.28. The number of benzene rings is 1. The molecule has 108 valence electrons. The minimum atomic E-state index is -0.503. The first kappa shape index (κ1) is 14.0. The normalized spacial score (nSPS) is 21.4. The molecule has 1 aromatic rings. The van der Waals surface area contributed by atoms with E-state index in [1.54, 1.807) is 11.8 Å². The summed E-state index contributed by atoms with van der Waals surface area (Å²) in [6, 6.07) is 8.96. The predicted molar refractivity (Wildman–Crippen MR) is 82.7 cm³/mol. The number of rotatable bonds is 7. The SMILES string of the molecule is Cc1ccc(SCC(NC2CC2)(C(N)=O)C2CC2)cc1. The molecule has 3 nitrogen and oxygen atoms in total. The molecule has 0 aliphatic heterocycles. The first-order valence-corrected chi connectivity index (χ1v) is 8.36. The van der Waals surface area contributed by atoms with Crippen molar-refractivity contribution < 1.29 is 4.79 Å². The zero-order valence-corrected chi connectivity index (χ0v) is 12.7. The Morgan fingerprint density at radius 2 is 1.95 bits per heavy atom. The highest BCUT2D eigenvalue weighted by Crippen LogP contribution is 2.44. The fourth-order valence-electron chi connectivity index (χ4n) is 2.62. The van der Waals surface area contributed by atoms with E-state index in [4.69, 9.17) is 5.73 Å². The van der Waals surface area contributed by atoms with Crippen molar-refractivity contribution in [2.45, 2.75) is 49.1 Å². The highest BCUT2D eigenvalue weighted by molar-refractivity contribution is 7.99. The summed E-state index contributed by atoms with van der Waals surface area (Å²) in [5.74, 6) is 0.997. The van der Waals surface area contributed by atoms with Gasteiger partial charge >= 0.3 is 0 Å². The van der Waals surface area contributed by atoms with Gasteiger partial charge in [0, 0.05) is 16.7 Å². The van der Waals surface area contributed by atoms with Crippen molar-refractivity contribution in [3.63, 3.8) is 0 Å². The minimum Gasteiger partial charge on any atom is -0.368 e. The van der Waals surface area contributed by atoms with Crippen LogP contribution in [0.1, 0.15) is 31.2 Å². The fraction of sp³-hybridized carbons (Fsp3) is 0.562. The van der Waals surface area contributed by atoms with Crippen molar-refractivity contribution in [1.82, 2.24) is 5.32 Å². The topological polar surface area (TPSA) is 55.1 Å². The number of primary amides is 1. The lowest BCUT2D eigenvalue weighted by Crippen LogP contribution is -2.60. The summed E-state index contributed by atoms with van der Waals surface area (Å²) < 4.78 is 0. The largest absolute Gasteiger partial charge is 0.368 e. The third kappa shape index (κ3) is 3.01. The zero-order chi connectivity index (χ0) is 14.2. The van der Waals surface area contributed by atoms with E-state index < -0.39 is 5.54 Å². The van der Waals surface area contributed by atoms with Gasteiger partial charge in [0.05, 0.1) is 0 Å². The second-order valence-corrected chi connectivity index (χ2v) is 7.18. The number of aryl methyl sites for hydroxylation is 1. The molecule has 2 saturated carbocycles. The molecule has 0 spiro atoms. The first-order chi connectivity index (χ1) is 9.60. The Morgan fingerprint density at radius 3 is 2.45 bits per heavy atom. The molecule has 0 aromatic heterocycles. The Morgan fingerprint density at radius 1 is 1.30 bits per heavy atom. The van der Waals surface area contributed by atoms with E-state index in [0.717, 1.165) is 18.6 Å². The molecule has 0 heterocycles. The summed E-state index contributed by atoms with van der Waals surface area (Å²) in [6.07, 6.45) is 4.60. The Bertz CT molecular complexity index is 494. The molecule has 1 amide bonds. The van der Waals surface area contributed by atoms with Gasteiger partial charge in [0.15, 0.2) is 0 Å². The van der Waals surface area contributed by atoms with E-state index in [9.17, 15) is 4.79 Å². The molecular weight excluding hydrogens is 268 g/mol. The fourth-order valence-corrected chi connectivity index (χ4v) is 3.80. The molecule has 1 unspecified atom stereocenters. The number of thioether (sulfide) groups is 1. The molecule has 0 saturated heterocycles. The van der Waals surface area contributed by atoms with Crippen LogP contribution in [0, 0.1) is 12.8 Å². The van der Waals surface area contributed by atoms with E-state index in [-0.39, 0.29) is 5.91 Å². The maximum absolute atomic E-state index is 12.1. The third-order valence-electron chi connectivity index (χ3n) is 4.24. The van der Waals surface area contributed by atoms with Crippen molar-refractivity contribution in [1.29, 1.82) is 0 Å². The summed E-state index contributed by atoms with van der Waals surface area (Å²) in [7, 11) is 0. The molecule has 2 aliphatic carbocycles. The molecule has 3 rings (SSSR count). The standard InChI is InChI=1S/C16H22N2OS/c1-11-2-8-14(9-3-11)20-10-16(15(17)19,12-4-5-12)18-13-6-7-13/h2-3,8-9,12-13,18H,4-7,10H2,1H3,(H2,17,19). The summed E-state index contributed by atoms with van der Waals surface area (Å²) in [5, 5.41) is 3.55. The van der Waals surface area contributed by atoms with Crippen LogP contribution >= 0.6 is 11.8 Å². The van der Waals surface area contributed by atoms with Crippen molar-refractivity contribution in [2.24, 2.45) is 11.7 Å². The van der Waals surface area contributed by atoms with E-state index in [1.165, 1.54) is 23.3 Å². The van der Waals surface area contributed by atoms with Crippen molar-refractivity contribution in [3.05, 3.63) is 29.8 Å². The van der Waals surface area contributed by atoms with E-state index in [0.29, 0.717) is 12.0 Å². The van der Waals surface area contributed by atoms with Gasteiger partial charge < -0.3 is 5.73 Å². The Balaban J connectivity index is 1.71. The van der Waals surface area contributed by atoms with Crippen LogP contribution in [-0.4, -0.2) is 23.2 Å². The monoisotopic (exact) mass is 290 g/mol. The van der Waals surface area contributed by atoms with Gasteiger partial charge in [-0.25, -0.2) is 0 Å². The molecule has 1 atom stereocenters. The summed E-state index contributed by atoms with van der Waals surface area (Å²) >= 11 is 1.74. The Labute approximate surface area is 124 Å². The lowest BCUT2D eigenvalue weighted by Gasteiger charge is -2.32. The van der Waals surface area contributed by atoms with Crippen molar-refractivity contribution in [2.75, 3.05) is 5.75 Å². The van der Waals surface area contributed by atoms with Crippen LogP contribution in [0.2, 0.25) is 0 Å². The van der Waals surface area contributed by atoms with Gasteiger partial charge in [-0.05, 0) is 50.7 Å². The summed E-state index contributed by atoms with van der Waals surface area (Å²) in [6.45, 7) is 2.08. The van der Waals surface area contributed by atoms with Crippen molar-refractivity contribution >= 4 is 17.7 Å². The van der Waals surface area contributed by atoms with Gasteiger partial charge in [-0.1, -0.05) is 17.7 Å². The second-order valence-electron chi connectivity index (χ2n) is 6.13. The molecule has 3 N–H and O–H groups in total. The van der Waals surface area contributed by atoms with Gasteiger partial charge in [-0.3, -0.25) is 10.1 Å². The molecule has 2 aliphatic rings. The van der Waals surface area contributed by atoms with Crippen LogP contribution < -0.4 is 11.1 Å². The van der Waals surface area contributed by atoms with Crippen LogP contribution in [0.5, 0.6) is 0 Å². The summed E-state index contributed by atoms with van der Waals surface area (Å²) in [5.41, 5.74) is 6.52. The molecule has 0 radical (unpaired) electrons. The molecule has 4 heteroatoms. The van der Waals surface area contributed by atoms with E-state index in [2.05, 4.69) is 36.5 Å². The Kier molecular flexibility index (Phi) is 3.78. The predicted octanol–water partition coefficient (Wildman–Crippen LogP) is 2.47. The number of carbonyl (C=O) groups excluding carboxylic acids is 1. The van der Waals surface area contributed by atoms with Crippen molar-refractivity contribution in [3.8, 4) is 0 Å². The Hall–Kier alpha value is -1.00. The quantitative estimate of drug-likeness (QED) is 0.759. The van der Waals surface area contributed by atoms with E-state index in [1.807, 2.05) is 0 Å². The number of nitrogens with two attached hydrogens (primary N) is 1. The van der Waals surface area contributed by atoms with Crippen LogP contribution in [0.4, 0.5) is 0 Å². The van der Waals surface area contributed by atoms with E-state index >= 15 is 0 Å². The molecule has 2 fully saturated rings. The lowest BCUT2D eigenvalue weighted by molar-refractivity contribution is -0.124. The summed E-state index contributed by atoms with van der Waals surface area (Å²) in [4.78, 5) is 13.3. The van der Waals surface area contributed by atoms with Gasteiger partial charge in [0.25, 0.3) is 0 Å². The van der Waals surface area contributed by atoms with Gasteiger partial charge in [0.1, 0.15) is 5.54 Å². The van der Waals surface area contributed by atoms with Gasteiger partial charge in [-0.15, -0.1) is 11.8 Å². The number of nitrogens with one attached hydrogen (secondary N) is 1. The molecular formula is C16H22N2OS. The van der Waals surface area contributed by atoms with Crippen LogP contribution in [0.3, 0.4) is 0 Å². The number of hydrogen-bond acceptors (Lipinski definition) is 3. The third-order valence-corrected chi connectivity index (χ3v) is 5.45. The molecule has 1 aromatic carbocycles. The zero-order valence-electron chi connectivity index (χ0n) is 11.9. The smallest absolute Gasteiger partial charge is 0.238 e. The van der Waals surface area contributed by atoms with Crippen LogP contribution in [-0.2, 0) is 4.79 Å². The molecule has 20 heavy (non-hydrogen) atoms. The van der Waals surface area contributed by atoms with Gasteiger partial charge in [-0.2, -0.15) is 0 Å². The average molecular weight is 290 g/mol. The van der Waals surface area contributed by atoms with Gasteiger partial charge in [0.2, 0.25) is 5.91 Å². The highest BCUT2D eigenvalue weighted by atomic mass is 32.2. The number of carbonyl (C=O) groups is 1. The maximum Gasteiger partial charge on any atom is 0.238 e. The highest BCUT2D eigenvalue weighted by Gasteiger charge is 2.51. The number of hydrogen-bond donors (Lipinski definition) is 2. The first-order valence-electron chi connectivity index (χ1n) is 7.37. The second kappa shape index (κ2) is 5.41. The minimum absolute atomic E-state index is 0.175.